The average molecular weight is 461 g/mol. The second kappa shape index (κ2) is 10.1. The predicted molar refractivity (Wildman–Crippen MR) is 115 cm³/mol. The topological polar surface area (TPSA) is 94.1 Å². The largest absolute Gasteiger partial charge is 0.347 e. The summed E-state index contributed by atoms with van der Waals surface area (Å²) in [4.78, 5) is 12.6. The second-order valence-electron chi connectivity index (χ2n) is 6.42. The lowest BCUT2D eigenvalue weighted by atomic mass is 10.1. The molecule has 8 nitrogen and oxygen atoms in total. The highest BCUT2D eigenvalue weighted by atomic mass is 35.5. The van der Waals surface area contributed by atoms with Crippen molar-refractivity contribution in [3.63, 3.8) is 0 Å². The maximum Gasteiger partial charge on any atom is 0.347 e. The molecule has 0 bridgehead atoms. The first-order valence-corrected chi connectivity index (χ1v) is 11.8. The Morgan fingerprint density at radius 3 is 2.62 bits per heavy atom. The van der Waals surface area contributed by atoms with Crippen molar-refractivity contribution in [2.75, 3.05) is 36.8 Å². The van der Waals surface area contributed by atoms with Gasteiger partial charge >= 0.3 is 13.7 Å². The zero-order valence-corrected chi connectivity index (χ0v) is 18.0. The first kappa shape index (κ1) is 22.3. The third kappa shape index (κ3) is 5.22. The average Bonchev–Trinajstić information content (AvgIpc) is 2.73. The SMILES string of the molecule is O=C(Nc1cccc2ccccc12)N(O)C1CCOP(=O)(N(CCCl)CCCl)N1. The van der Waals surface area contributed by atoms with Crippen molar-refractivity contribution in [2.45, 2.75) is 12.6 Å². The highest BCUT2D eigenvalue weighted by molar-refractivity contribution is 7.54. The minimum absolute atomic E-state index is 0.106. The molecule has 11 heteroatoms. The van der Waals surface area contributed by atoms with Crippen LogP contribution >= 0.6 is 30.9 Å². The number of halogens is 2. The van der Waals surface area contributed by atoms with Gasteiger partial charge in [-0.25, -0.2) is 14.6 Å². The molecule has 3 N–H and O–H groups in total. The van der Waals surface area contributed by atoms with Gasteiger partial charge in [-0.3, -0.25) is 9.77 Å². The van der Waals surface area contributed by atoms with E-state index < -0.39 is 19.9 Å². The van der Waals surface area contributed by atoms with E-state index in [4.69, 9.17) is 27.7 Å². The standard InChI is InChI=1S/C18H23Cl2N4O4P/c19-9-11-23(12-10-20)29(27)22-17(8-13-28-29)24(26)18(25)21-16-7-3-5-14-4-1-2-6-15(14)16/h1-7,17,26H,8-13H2,(H,21,25)(H,22,27). The molecule has 0 spiro atoms. The molecule has 1 aliphatic heterocycles. The van der Waals surface area contributed by atoms with Crippen LogP contribution in [0, 0.1) is 0 Å². The van der Waals surface area contributed by atoms with Crippen molar-refractivity contribution in [3.8, 4) is 0 Å². The van der Waals surface area contributed by atoms with Gasteiger partial charge in [0.05, 0.1) is 12.3 Å². The van der Waals surface area contributed by atoms with Crippen LogP contribution in [0.4, 0.5) is 10.5 Å². The van der Waals surface area contributed by atoms with Crippen molar-refractivity contribution >= 4 is 53.4 Å². The number of urea groups is 1. The van der Waals surface area contributed by atoms with Crippen molar-refractivity contribution in [2.24, 2.45) is 0 Å². The Morgan fingerprint density at radius 1 is 1.21 bits per heavy atom. The monoisotopic (exact) mass is 460 g/mol. The Bertz CT molecular complexity index is 892. The van der Waals surface area contributed by atoms with Crippen LogP contribution in [-0.2, 0) is 9.09 Å². The molecular formula is C18H23Cl2N4O4P. The molecule has 0 radical (unpaired) electrons. The summed E-state index contributed by atoms with van der Waals surface area (Å²) >= 11 is 11.6. The third-order valence-corrected chi connectivity index (χ3v) is 7.20. The molecule has 1 saturated heterocycles. The van der Waals surface area contributed by atoms with E-state index in [0.29, 0.717) is 23.8 Å². The number of carbonyl (C=O) groups excluding carboxylic acids is 1. The lowest BCUT2D eigenvalue weighted by Crippen LogP contribution is -2.52. The molecular weight excluding hydrogens is 438 g/mol. The lowest BCUT2D eigenvalue weighted by molar-refractivity contribution is -0.0876. The highest BCUT2D eigenvalue weighted by Crippen LogP contribution is 2.49. The van der Waals surface area contributed by atoms with Gasteiger partial charge < -0.3 is 9.84 Å². The van der Waals surface area contributed by atoms with Gasteiger partial charge in [0.2, 0.25) is 0 Å². The quantitative estimate of drug-likeness (QED) is 0.247. The van der Waals surface area contributed by atoms with E-state index >= 15 is 0 Å². The van der Waals surface area contributed by atoms with E-state index in [2.05, 4.69) is 10.4 Å². The Labute approximate surface area is 179 Å². The van der Waals surface area contributed by atoms with Crippen LogP contribution < -0.4 is 10.4 Å². The number of hydrogen-bond donors (Lipinski definition) is 3. The van der Waals surface area contributed by atoms with Gasteiger partial charge in [0.15, 0.2) is 0 Å². The van der Waals surface area contributed by atoms with Crippen molar-refractivity contribution < 1.29 is 19.1 Å². The molecule has 0 saturated carbocycles. The van der Waals surface area contributed by atoms with Gasteiger partial charge in [-0.1, -0.05) is 36.4 Å². The molecule has 0 aromatic heterocycles. The Kier molecular flexibility index (Phi) is 7.76. The molecule has 1 fully saturated rings. The summed E-state index contributed by atoms with van der Waals surface area (Å²) in [6, 6.07) is 12.3. The fourth-order valence-electron chi connectivity index (χ4n) is 3.14. The molecule has 0 aliphatic carbocycles. The van der Waals surface area contributed by atoms with Gasteiger partial charge in [0.1, 0.15) is 6.17 Å². The summed E-state index contributed by atoms with van der Waals surface area (Å²) in [6.07, 6.45) is -0.628. The Balaban J connectivity index is 1.72. The summed E-state index contributed by atoms with van der Waals surface area (Å²) in [5, 5.41) is 18.2. The number of hydroxylamine groups is 2. The van der Waals surface area contributed by atoms with E-state index in [1.54, 1.807) is 6.07 Å². The zero-order chi connectivity index (χ0) is 20.9. The molecule has 2 amide bonds. The van der Waals surface area contributed by atoms with E-state index in [1.807, 2.05) is 36.4 Å². The first-order valence-electron chi connectivity index (χ1n) is 9.15. The van der Waals surface area contributed by atoms with Gasteiger partial charge in [-0.05, 0) is 11.5 Å². The van der Waals surface area contributed by atoms with E-state index in [9.17, 15) is 14.6 Å². The summed E-state index contributed by atoms with van der Waals surface area (Å²) in [5.41, 5.74) is 0.563. The number of hydrogen-bond acceptors (Lipinski definition) is 4. The highest BCUT2D eigenvalue weighted by Gasteiger charge is 2.40. The van der Waals surface area contributed by atoms with Crippen molar-refractivity contribution in [1.82, 2.24) is 14.8 Å². The number of anilines is 1. The number of amides is 2. The number of nitrogens with zero attached hydrogens (tertiary/aromatic N) is 2. The second-order valence-corrected chi connectivity index (χ2v) is 9.30. The van der Waals surface area contributed by atoms with E-state index in [-0.39, 0.29) is 24.8 Å². The summed E-state index contributed by atoms with van der Waals surface area (Å²) in [5.74, 6) is 0.474. The molecule has 3 rings (SSSR count). The van der Waals surface area contributed by atoms with Crippen LogP contribution in [-0.4, -0.2) is 58.6 Å². The van der Waals surface area contributed by atoms with E-state index in [0.717, 1.165) is 10.8 Å². The van der Waals surface area contributed by atoms with Crippen LogP contribution in [0.25, 0.3) is 10.8 Å². The molecule has 2 aromatic rings. The number of rotatable bonds is 7. The zero-order valence-electron chi connectivity index (χ0n) is 15.6. The third-order valence-electron chi connectivity index (χ3n) is 4.56. The van der Waals surface area contributed by atoms with Crippen LogP contribution in [0.2, 0.25) is 0 Å². The summed E-state index contributed by atoms with van der Waals surface area (Å²) in [7, 11) is -3.50. The van der Waals surface area contributed by atoms with Gasteiger partial charge in [0, 0.05) is 36.7 Å². The van der Waals surface area contributed by atoms with Gasteiger partial charge in [-0.2, -0.15) is 5.06 Å². The summed E-state index contributed by atoms with van der Waals surface area (Å²) in [6.45, 7) is 0.687. The number of carbonyl (C=O) groups is 1. The fourth-order valence-corrected chi connectivity index (χ4v) is 5.88. The number of nitrogens with one attached hydrogen (secondary N) is 2. The maximum absolute atomic E-state index is 13.2. The molecule has 158 valence electrons. The van der Waals surface area contributed by atoms with Crippen LogP contribution in [0.1, 0.15) is 6.42 Å². The predicted octanol–water partition coefficient (Wildman–Crippen LogP) is 4.29. The first-order chi connectivity index (χ1) is 14.0. The minimum Gasteiger partial charge on any atom is -0.306 e. The number of alkyl halides is 2. The molecule has 29 heavy (non-hydrogen) atoms. The number of benzene rings is 2. The normalized spacial score (nSPS) is 22.0. The van der Waals surface area contributed by atoms with Crippen LogP contribution in [0.15, 0.2) is 42.5 Å². The molecule has 2 atom stereocenters. The lowest BCUT2D eigenvalue weighted by Gasteiger charge is -2.39. The minimum atomic E-state index is -3.50. The van der Waals surface area contributed by atoms with Gasteiger partial charge in [0.25, 0.3) is 0 Å². The van der Waals surface area contributed by atoms with Crippen molar-refractivity contribution in [1.29, 1.82) is 0 Å². The van der Waals surface area contributed by atoms with E-state index in [1.165, 1.54) is 4.67 Å². The Hall–Kier alpha value is -1.38. The smallest absolute Gasteiger partial charge is 0.306 e. The van der Waals surface area contributed by atoms with Gasteiger partial charge in [-0.15, -0.1) is 23.2 Å². The number of fused-ring (bicyclic) bond motifs is 1. The van der Waals surface area contributed by atoms with Crippen molar-refractivity contribution in [3.05, 3.63) is 42.5 Å². The molecule has 1 aliphatic rings. The molecule has 2 aromatic carbocycles. The molecule has 2 unspecified atom stereocenters. The Morgan fingerprint density at radius 2 is 1.90 bits per heavy atom. The maximum atomic E-state index is 13.2. The fraction of sp³-hybridized carbons (Fsp3) is 0.389. The van der Waals surface area contributed by atoms with Crippen LogP contribution in [0.3, 0.4) is 0 Å². The van der Waals surface area contributed by atoms with Crippen LogP contribution in [0.5, 0.6) is 0 Å². The molecule has 1 heterocycles. The summed E-state index contributed by atoms with van der Waals surface area (Å²) < 4.78 is 20.2.